The van der Waals surface area contributed by atoms with E-state index in [0.717, 1.165) is 30.8 Å². The third-order valence-electron chi connectivity index (χ3n) is 3.83. The van der Waals surface area contributed by atoms with E-state index in [1.807, 2.05) is 6.92 Å². The normalized spacial score (nSPS) is 11.2. The highest BCUT2D eigenvalue weighted by molar-refractivity contribution is 7.92. The number of unbranched alkanes of at least 4 members (excludes halogenated alkanes) is 1. The molecule has 6 nitrogen and oxygen atoms in total. The van der Waals surface area contributed by atoms with Crippen molar-refractivity contribution in [1.82, 2.24) is 4.98 Å². The molecule has 1 heterocycles. The molecule has 2 rings (SSSR count). The minimum atomic E-state index is -3.69. The van der Waals surface area contributed by atoms with Crippen LogP contribution >= 0.6 is 0 Å². The molecule has 0 radical (unpaired) electrons. The molecule has 0 unspecified atom stereocenters. The molecule has 25 heavy (non-hydrogen) atoms. The number of nitrogens with one attached hydrogen (secondary N) is 2. The summed E-state index contributed by atoms with van der Waals surface area (Å²) in [6.45, 7) is 6.53. The molecule has 0 aliphatic heterocycles. The summed E-state index contributed by atoms with van der Waals surface area (Å²) in [5, 5.41) is 3.19. The maximum absolute atomic E-state index is 12.7. The predicted molar refractivity (Wildman–Crippen MR) is 101 cm³/mol. The lowest BCUT2D eigenvalue weighted by molar-refractivity contribution is 0.411. The maximum Gasteiger partial charge on any atom is 0.262 e. The number of anilines is 2. The van der Waals surface area contributed by atoms with E-state index in [9.17, 15) is 8.42 Å². The highest BCUT2D eigenvalue weighted by Gasteiger charge is 2.19. The average molecular weight is 363 g/mol. The zero-order chi connectivity index (χ0) is 18.4. The van der Waals surface area contributed by atoms with Gasteiger partial charge in [-0.3, -0.25) is 4.72 Å². The number of rotatable bonds is 8. The molecule has 0 saturated heterocycles. The van der Waals surface area contributed by atoms with Gasteiger partial charge < -0.3 is 10.1 Å². The highest BCUT2D eigenvalue weighted by Crippen LogP contribution is 2.27. The Hall–Kier alpha value is -2.28. The number of sulfonamides is 1. The summed E-state index contributed by atoms with van der Waals surface area (Å²) in [5.74, 6) is 1.40. The standard InChI is InChI=1S/C18H25N3O3S/c1-5-6-9-19-18-8-7-15(12-20-18)21-25(22,23)17-11-13(2)16(24-4)10-14(17)3/h7-8,10-12,21H,5-6,9H2,1-4H3,(H,19,20). The molecule has 0 bridgehead atoms. The van der Waals surface area contributed by atoms with Crippen molar-refractivity contribution in [1.29, 1.82) is 0 Å². The Labute approximate surface area is 149 Å². The van der Waals surface area contributed by atoms with Gasteiger partial charge in [-0.1, -0.05) is 13.3 Å². The van der Waals surface area contributed by atoms with Crippen molar-refractivity contribution in [2.75, 3.05) is 23.7 Å². The Morgan fingerprint density at radius 3 is 2.52 bits per heavy atom. The Morgan fingerprint density at radius 2 is 1.92 bits per heavy atom. The number of aryl methyl sites for hydroxylation is 2. The third kappa shape index (κ3) is 4.85. The summed E-state index contributed by atoms with van der Waals surface area (Å²) in [5.41, 5.74) is 1.82. The van der Waals surface area contributed by atoms with Crippen LogP contribution in [0.1, 0.15) is 30.9 Å². The summed E-state index contributed by atoms with van der Waals surface area (Å²) in [4.78, 5) is 4.47. The lowest BCUT2D eigenvalue weighted by Crippen LogP contribution is -2.15. The van der Waals surface area contributed by atoms with Gasteiger partial charge in [-0.05, 0) is 55.7 Å². The number of hydrogen-bond donors (Lipinski definition) is 2. The van der Waals surface area contributed by atoms with Crippen LogP contribution in [0.3, 0.4) is 0 Å². The van der Waals surface area contributed by atoms with Gasteiger partial charge in [-0.2, -0.15) is 0 Å². The topological polar surface area (TPSA) is 80.3 Å². The van der Waals surface area contributed by atoms with Crippen LogP contribution in [0.25, 0.3) is 0 Å². The van der Waals surface area contributed by atoms with Crippen LogP contribution in [0, 0.1) is 13.8 Å². The minimum absolute atomic E-state index is 0.232. The van der Waals surface area contributed by atoms with Crippen molar-refractivity contribution in [2.45, 2.75) is 38.5 Å². The van der Waals surface area contributed by atoms with Crippen molar-refractivity contribution < 1.29 is 13.2 Å². The molecule has 0 spiro atoms. The number of ether oxygens (including phenoxy) is 1. The highest BCUT2D eigenvalue weighted by atomic mass is 32.2. The molecule has 1 aromatic carbocycles. The number of nitrogens with zero attached hydrogens (tertiary/aromatic N) is 1. The molecule has 1 aromatic heterocycles. The van der Waals surface area contributed by atoms with E-state index in [1.54, 1.807) is 38.3 Å². The van der Waals surface area contributed by atoms with E-state index >= 15 is 0 Å². The van der Waals surface area contributed by atoms with E-state index in [-0.39, 0.29) is 4.90 Å². The molecular formula is C18H25N3O3S. The Kier molecular flexibility index (Phi) is 6.25. The molecule has 2 aromatic rings. The summed E-state index contributed by atoms with van der Waals surface area (Å²) in [6.07, 6.45) is 3.68. The van der Waals surface area contributed by atoms with E-state index in [4.69, 9.17) is 4.74 Å². The zero-order valence-electron chi connectivity index (χ0n) is 15.1. The fourth-order valence-corrected chi connectivity index (χ4v) is 3.79. The molecule has 136 valence electrons. The molecule has 0 aliphatic carbocycles. The van der Waals surface area contributed by atoms with Crippen LogP contribution in [-0.2, 0) is 10.0 Å². The number of benzene rings is 1. The fourth-order valence-electron chi connectivity index (χ4n) is 2.43. The number of pyridine rings is 1. The Bertz CT molecular complexity index is 818. The number of methoxy groups -OCH3 is 1. The zero-order valence-corrected chi connectivity index (χ0v) is 15.9. The van der Waals surface area contributed by atoms with E-state index < -0.39 is 10.0 Å². The first-order valence-electron chi connectivity index (χ1n) is 8.25. The number of hydrogen-bond acceptors (Lipinski definition) is 5. The van der Waals surface area contributed by atoms with Crippen molar-refractivity contribution in [3.63, 3.8) is 0 Å². The second-order valence-electron chi connectivity index (χ2n) is 5.91. The molecule has 2 N–H and O–H groups in total. The Balaban J connectivity index is 2.17. The van der Waals surface area contributed by atoms with Crippen molar-refractivity contribution in [3.8, 4) is 5.75 Å². The lowest BCUT2D eigenvalue weighted by Gasteiger charge is -2.13. The fraction of sp³-hybridized carbons (Fsp3) is 0.389. The van der Waals surface area contributed by atoms with Gasteiger partial charge >= 0.3 is 0 Å². The van der Waals surface area contributed by atoms with Crippen molar-refractivity contribution in [3.05, 3.63) is 41.6 Å². The van der Waals surface area contributed by atoms with E-state index in [0.29, 0.717) is 17.0 Å². The van der Waals surface area contributed by atoms with Crippen molar-refractivity contribution in [2.24, 2.45) is 0 Å². The lowest BCUT2D eigenvalue weighted by atomic mass is 10.1. The van der Waals surface area contributed by atoms with Crippen LogP contribution in [-0.4, -0.2) is 27.1 Å². The van der Waals surface area contributed by atoms with Gasteiger partial charge in [-0.25, -0.2) is 13.4 Å². The predicted octanol–water partition coefficient (Wildman–Crippen LogP) is 3.72. The maximum atomic E-state index is 12.7. The molecule has 7 heteroatoms. The third-order valence-corrected chi connectivity index (χ3v) is 5.36. The first-order chi connectivity index (χ1) is 11.9. The summed E-state index contributed by atoms with van der Waals surface area (Å²) < 4.78 is 33.2. The SMILES string of the molecule is CCCCNc1ccc(NS(=O)(=O)c2cc(C)c(OC)cc2C)cn1. The molecule has 0 atom stereocenters. The van der Waals surface area contributed by atoms with Gasteiger partial charge in [0.2, 0.25) is 0 Å². The minimum Gasteiger partial charge on any atom is -0.496 e. The summed E-state index contributed by atoms with van der Waals surface area (Å²) in [7, 11) is -2.13. The second-order valence-corrected chi connectivity index (χ2v) is 7.56. The largest absolute Gasteiger partial charge is 0.496 e. The summed E-state index contributed by atoms with van der Waals surface area (Å²) >= 11 is 0. The monoisotopic (exact) mass is 363 g/mol. The first-order valence-corrected chi connectivity index (χ1v) is 9.73. The molecular weight excluding hydrogens is 338 g/mol. The Morgan fingerprint density at radius 1 is 1.16 bits per heavy atom. The van der Waals surface area contributed by atoms with E-state index in [1.165, 1.54) is 6.20 Å². The van der Waals surface area contributed by atoms with Gasteiger partial charge in [0.1, 0.15) is 11.6 Å². The van der Waals surface area contributed by atoms with Crippen LogP contribution in [0.5, 0.6) is 5.75 Å². The summed E-state index contributed by atoms with van der Waals surface area (Å²) in [6, 6.07) is 6.80. The van der Waals surface area contributed by atoms with Gasteiger partial charge in [0, 0.05) is 6.54 Å². The first kappa shape index (κ1) is 19.1. The van der Waals surface area contributed by atoms with Crippen LogP contribution < -0.4 is 14.8 Å². The molecule has 0 saturated carbocycles. The van der Waals surface area contributed by atoms with Crippen LogP contribution in [0.4, 0.5) is 11.5 Å². The van der Waals surface area contributed by atoms with Gasteiger partial charge in [0.05, 0.1) is 23.9 Å². The molecule has 0 amide bonds. The molecule has 0 fully saturated rings. The van der Waals surface area contributed by atoms with Gasteiger partial charge in [0.25, 0.3) is 10.0 Å². The van der Waals surface area contributed by atoms with Gasteiger partial charge in [0.15, 0.2) is 0 Å². The average Bonchev–Trinajstić information content (AvgIpc) is 2.58. The quantitative estimate of drug-likeness (QED) is 0.699. The number of aromatic nitrogens is 1. The van der Waals surface area contributed by atoms with Crippen molar-refractivity contribution >= 4 is 21.5 Å². The van der Waals surface area contributed by atoms with Gasteiger partial charge in [-0.15, -0.1) is 0 Å². The van der Waals surface area contributed by atoms with Crippen LogP contribution in [0.2, 0.25) is 0 Å². The van der Waals surface area contributed by atoms with E-state index in [2.05, 4.69) is 21.9 Å². The molecule has 0 aliphatic rings. The van der Waals surface area contributed by atoms with Crippen LogP contribution in [0.15, 0.2) is 35.4 Å². The second kappa shape index (κ2) is 8.20. The smallest absolute Gasteiger partial charge is 0.262 e.